The molecule has 5 nitrogen and oxygen atoms in total. The van der Waals surface area contributed by atoms with E-state index >= 15 is 0 Å². The molecule has 0 aliphatic carbocycles. The van der Waals surface area contributed by atoms with Crippen LogP contribution in [0.5, 0.6) is 0 Å². The van der Waals surface area contributed by atoms with E-state index in [4.69, 9.17) is 4.74 Å². The van der Waals surface area contributed by atoms with Gasteiger partial charge in [-0.1, -0.05) is 36.4 Å². The van der Waals surface area contributed by atoms with Gasteiger partial charge in [0, 0.05) is 34.3 Å². The second-order valence-electron chi connectivity index (χ2n) is 5.34. The number of aromatic amines is 1. The molecule has 25 heavy (non-hydrogen) atoms. The molecule has 3 rings (SSSR count). The summed E-state index contributed by atoms with van der Waals surface area (Å²) in [5.41, 5.74) is 1.29. The maximum absolute atomic E-state index is 12.1. The zero-order valence-electron chi connectivity index (χ0n) is 13.5. The summed E-state index contributed by atoms with van der Waals surface area (Å²) >= 11 is 1.66. The molecule has 6 heteroatoms. The van der Waals surface area contributed by atoms with Gasteiger partial charge in [0.05, 0.1) is 5.56 Å². The molecule has 128 valence electrons. The molecular formula is C19H18N2O3S. The zero-order valence-corrected chi connectivity index (χ0v) is 14.3. The molecule has 0 aliphatic rings. The number of para-hydroxylation sites is 1. The van der Waals surface area contributed by atoms with Gasteiger partial charge in [0.15, 0.2) is 6.61 Å². The largest absolute Gasteiger partial charge is 0.452 e. The highest BCUT2D eigenvalue weighted by atomic mass is 32.2. The Morgan fingerprint density at radius 2 is 1.80 bits per heavy atom. The van der Waals surface area contributed by atoms with Gasteiger partial charge in [-0.05, 0) is 18.2 Å². The summed E-state index contributed by atoms with van der Waals surface area (Å²) in [4.78, 5) is 28.1. The monoisotopic (exact) mass is 354 g/mol. The average Bonchev–Trinajstić information content (AvgIpc) is 3.08. The Balaban J connectivity index is 1.40. The van der Waals surface area contributed by atoms with E-state index in [9.17, 15) is 9.59 Å². The Morgan fingerprint density at radius 3 is 2.64 bits per heavy atom. The summed E-state index contributed by atoms with van der Waals surface area (Å²) in [6.45, 7) is 0.234. The number of rotatable bonds is 7. The van der Waals surface area contributed by atoms with Crippen LogP contribution in [0.1, 0.15) is 10.4 Å². The van der Waals surface area contributed by atoms with Crippen LogP contribution in [0, 0.1) is 0 Å². The number of hydrogen-bond acceptors (Lipinski definition) is 4. The normalized spacial score (nSPS) is 10.6. The van der Waals surface area contributed by atoms with E-state index < -0.39 is 5.97 Å². The van der Waals surface area contributed by atoms with E-state index in [1.165, 1.54) is 0 Å². The van der Waals surface area contributed by atoms with Crippen LogP contribution in [0.25, 0.3) is 10.9 Å². The first kappa shape index (κ1) is 17.1. The molecule has 1 heterocycles. The number of benzene rings is 2. The van der Waals surface area contributed by atoms with Crippen LogP contribution in [0.3, 0.4) is 0 Å². The van der Waals surface area contributed by atoms with Gasteiger partial charge in [-0.2, -0.15) is 0 Å². The molecule has 0 atom stereocenters. The summed E-state index contributed by atoms with van der Waals surface area (Å²) in [6, 6.07) is 17.4. The molecule has 3 aromatic rings. The van der Waals surface area contributed by atoms with Gasteiger partial charge in [-0.3, -0.25) is 4.79 Å². The van der Waals surface area contributed by atoms with Crippen molar-refractivity contribution in [3.63, 3.8) is 0 Å². The summed E-state index contributed by atoms with van der Waals surface area (Å²) in [7, 11) is 0. The van der Waals surface area contributed by atoms with Crippen LogP contribution in [0.4, 0.5) is 0 Å². The predicted molar refractivity (Wildman–Crippen MR) is 98.8 cm³/mol. The molecule has 0 bridgehead atoms. The lowest BCUT2D eigenvalue weighted by Gasteiger charge is -2.06. The first-order valence-electron chi connectivity index (χ1n) is 7.92. The number of fused-ring (bicyclic) bond motifs is 1. The van der Waals surface area contributed by atoms with Crippen LogP contribution >= 0.6 is 11.8 Å². The van der Waals surface area contributed by atoms with Crippen molar-refractivity contribution in [3.05, 3.63) is 66.4 Å². The first-order valence-corrected chi connectivity index (χ1v) is 8.90. The lowest BCUT2D eigenvalue weighted by molar-refractivity contribution is -0.124. The molecule has 0 saturated carbocycles. The van der Waals surface area contributed by atoms with E-state index in [0.29, 0.717) is 12.1 Å². The Hall–Kier alpha value is -2.73. The lowest BCUT2D eigenvalue weighted by Crippen LogP contribution is -2.30. The maximum atomic E-state index is 12.1. The van der Waals surface area contributed by atoms with Crippen molar-refractivity contribution in [2.45, 2.75) is 4.90 Å². The third-order valence-corrected chi connectivity index (χ3v) is 4.59. The lowest BCUT2D eigenvalue weighted by atomic mass is 10.2. The van der Waals surface area contributed by atoms with Crippen molar-refractivity contribution >= 4 is 34.5 Å². The summed E-state index contributed by atoms with van der Waals surface area (Å²) < 4.78 is 5.09. The van der Waals surface area contributed by atoms with Crippen LogP contribution in [-0.4, -0.2) is 35.8 Å². The van der Waals surface area contributed by atoms with E-state index in [-0.39, 0.29) is 12.5 Å². The highest BCUT2D eigenvalue weighted by Gasteiger charge is 2.14. The fourth-order valence-corrected chi connectivity index (χ4v) is 3.17. The summed E-state index contributed by atoms with van der Waals surface area (Å²) in [5, 5.41) is 3.53. The molecule has 1 aromatic heterocycles. The molecular weight excluding hydrogens is 336 g/mol. The van der Waals surface area contributed by atoms with Crippen LogP contribution in [0.2, 0.25) is 0 Å². The average molecular weight is 354 g/mol. The number of esters is 1. The van der Waals surface area contributed by atoms with E-state index in [0.717, 1.165) is 21.6 Å². The molecule has 0 fully saturated rings. The first-order chi connectivity index (χ1) is 12.2. The Kier molecular flexibility index (Phi) is 5.74. The predicted octanol–water partition coefficient (Wildman–Crippen LogP) is 3.23. The van der Waals surface area contributed by atoms with Crippen molar-refractivity contribution in [1.82, 2.24) is 10.3 Å². The molecule has 0 unspecified atom stereocenters. The highest BCUT2D eigenvalue weighted by molar-refractivity contribution is 7.99. The molecule has 1 amide bonds. The fraction of sp³-hybridized carbons (Fsp3) is 0.158. The highest BCUT2D eigenvalue weighted by Crippen LogP contribution is 2.18. The molecule has 2 aromatic carbocycles. The second kappa shape index (κ2) is 8.39. The minimum absolute atomic E-state index is 0.283. The fourth-order valence-electron chi connectivity index (χ4n) is 2.38. The molecule has 0 radical (unpaired) electrons. The van der Waals surface area contributed by atoms with Gasteiger partial charge in [-0.15, -0.1) is 11.8 Å². The summed E-state index contributed by atoms with van der Waals surface area (Å²) in [6.07, 6.45) is 1.60. The maximum Gasteiger partial charge on any atom is 0.340 e. The van der Waals surface area contributed by atoms with Crippen molar-refractivity contribution in [2.75, 3.05) is 18.9 Å². The van der Waals surface area contributed by atoms with Crippen molar-refractivity contribution in [3.8, 4) is 0 Å². The van der Waals surface area contributed by atoms with Crippen molar-refractivity contribution in [2.24, 2.45) is 0 Å². The number of carbonyl (C=O) groups is 2. The Labute approximate surface area is 149 Å². The number of hydrogen-bond donors (Lipinski definition) is 2. The second-order valence-corrected chi connectivity index (χ2v) is 6.50. The van der Waals surface area contributed by atoms with E-state index in [1.807, 2.05) is 54.6 Å². The van der Waals surface area contributed by atoms with Crippen molar-refractivity contribution in [1.29, 1.82) is 0 Å². The van der Waals surface area contributed by atoms with Gasteiger partial charge >= 0.3 is 5.97 Å². The number of amides is 1. The molecule has 0 spiro atoms. The number of thioether (sulfide) groups is 1. The Morgan fingerprint density at radius 1 is 1.04 bits per heavy atom. The van der Waals surface area contributed by atoms with Gasteiger partial charge in [0.1, 0.15) is 0 Å². The number of ether oxygens (including phenoxy) is 1. The third-order valence-electron chi connectivity index (χ3n) is 3.58. The van der Waals surface area contributed by atoms with Crippen molar-refractivity contribution < 1.29 is 14.3 Å². The van der Waals surface area contributed by atoms with Gasteiger partial charge in [0.2, 0.25) is 0 Å². The Bertz CT molecular complexity index is 861. The van der Waals surface area contributed by atoms with E-state index in [1.54, 1.807) is 18.0 Å². The number of nitrogens with one attached hydrogen (secondary N) is 2. The zero-order chi connectivity index (χ0) is 17.5. The van der Waals surface area contributed by atoms with E-state index in [2.05, 4.69) is 10.3 Å². The minimum Gasteiger partial charge on any atom is -0.452 e. The number of H-pyrrole nitrogens is 1. The summed E-state index contributed by atoms with van der Waals surface area (Å²) in [5.74, 6) is -0.0558. The quantitative estimate of drug-likeness (QED) is 0.388. The minimum atomic E-state index is -0.508. The molecule has 0 aliphatic heterocycles. The third kappa shape index (κ3) is 4.64. The van der Waals surface area contributed by atoms with Gasteiger partial charge in [-0.25, -0.2) is 4.79 Å². The number of aromatic nitrogens is 1. The number of carbonyl (C=O) groups excluding carboxylic acids is 2. The van der Waals surface area contributed by atoms with Gasteiger partial charge in [0.25, 0.3) is 5.91 Å². The standard InChI is InChI=1S/C19H18N2O3S/c22-18(20-10-11-25-14-6-2-1-3-7-14)13-24-19(23)16-12-21-17-9-5-4-8-15(16)17/h1-9,12,21H,10-11,13H2,(H,20,22). The van der Waals surface area contributed by atoms with Gasteiger partial charge < -0.3 is 15.0 Å². The SMILES string of the molecule is O=C(COC(=O)c1c[nH]c2ccccc12)NCCSc1ccccc1. The molecule has 2 N–H and O–H groups in total. The molecule has 0 saturated heterocycles. The van der Waals surface area contributed by atoms with Crippen LogP contribution in [-0.2, 0) is 9.53 Å². The smallest absolute Gasteiger partial charge is 0.340 e. The van der Waals surface area contributed by atoms with Crippen LogP contribution < -0.4 is 5.32 Å². The van der Waals surface area contributed by atoms with Crippen LogP contribution in [0.15, 0.2) is 65.7 Å². The topological polar surface area (TPSA) is 71.2 Å².